The molecule has 0 radical (unpaired) electrons. The van der Waals surface area contributed by atoms with Gasteiger partial charge in [-0.3, -0.25) is 4.57 Å². The first-order chi connectivity index (χ1) is 13.2. The van der Waals surface area contributed by atoms with E-state index >= 15 is 0 Å². The Labute approximate surface area is 171 Å². The molecule has 7 heteroatoms. The number of rotatable bonds is 6. The van der Waals surface area contributed by atoms with Gasteiger partial charge in [0.1, 0.15) is 5.76 Å². The van der Waals surface area contributed by atoms with E-state index in [4.69, 9.17) is 27.6 Å². The zero-order valence-corrected chi connectivity index (χ0v) is 16.5. The van der Waals surface area contributed by atoms with Crippen LogP contribution < -0.4 is 0 Å². The van der Waals surface area contributed by atoms with Crippen LogP contribution in [0.5, 0.6) is 0 Å². The van der Waals surface area contributed by atoms with E-state index in [0.29, 0.717) is 17.4 Å². The lowest BCUT2D eigenvalue weighted by atomic mass is 10.2. The first kappa shape index (κ1) is 18.2. The van der Waals surface area contributed by atoms with E-state index in [1.807, 2.05) is 65.2 Å². The van der Waals surface area contributed by atoms with E-state index in [-0.39, 0.29) is 0 Å². The minimum absolute atomic E-state index is 0.526. The van der Waals surface area contributed by atoms with Gasteiger partial charge in [-0.2, -0.15) is 0 Å². The average molecular weight is 416 g/mol. The molecule has 2 heterocycles. The van der Waals surface area contributed by atoms with Crippen molar-refractivity contribution >= 4 is 35.0 Å². The van der Waals surface area contributed by atoms with Crippen LogP contribution in [0.3, 0.4) is 0 Å². The third-order valence-electron chi connectivity index (χ3n) is 3.98. The van der Waals surface area contributed by atoms with Gasteiger partial charge in [0, 0.05) is 16.3 Å². The number of nitrogens with zero attached hydrogens (tertiary/aromatic N) is 3. The minimum Gasteiger partial charge on any atom is -0.467 e. The fourth-order valence-electron chi connectivity index (χ4n) is 2.71. The Kier molecular flexibility index (Phi) is 5.53. The Morgan fingerprint density at radius 1 is 0.963 bits per heavy atom. The molecule has 0 aliphatic rings. The van der Waals surface area contributed by atoms with Crippen molar-refractivity contribution in [3.05, 3.63) is 88.3 Å². The summed E-state index contributed by atoms with van der Waals surface area (Å²) in [7, 11) is 0. The van der Waals surface area contributed by atoms with Crippen molar-refractivity contribution in [2.75, 3.05) is 0 Å². The first-order valence-electron chi connectivity index (χ1n) is 8.28. The fourth-order valence-corrected chi connectivity index (χ4v) is 4.03. The summed E-state index contributed by atoms with van der Waals surface area (Å²) in [6.45, 7) is 0.526. The van der Waals surface area contributed by atoms with Crippen LogP contribution in [0, 0.1) is 0 Å². The van der Waals surface area contributed by atoms with Crippen molar-refractivity contribution in [2.24, 2.45) is 0 Å². The van der Waals surface area contributed by atoms with Gasteiger partial charge in [-0.05, 0) is 42.0 Å². The van der Waals surface area contributed by atoms with E-state index in [9.17, 15) is 0 Å². The molecule has 0 atom stereocenters. The Bertz CT molecular complexity index is 1050. The maximum absolute atomic E-state index is 6.39. The third kappa shape index (κ3) is 4.21. The molecule has 0 saturated heterocycles. The summed E-state index contributed by atoms with van der Waals surface area (Å²) >= 11 is 14.1. The van der Waals surface area contributed by atoms with Gasteiger partial charge in [0.25, 0.3) is 0 Å². The zero-order chi connectivity index (χ0) is 18.6. The molecule has 0 spiro atoms. The average Bonchev–Trinajstić information content (AvgIpc) is 3.31. The van der Waals surface area contributed by atoms with Gasteiger partial charge in [-0.25, -0.2) is 0 Å². The van der Waals surface area contributed by atoms with Gasteiger partial charge in [-0.15, -0.1) is 10.2 Å². The third-order valence-corrected chi connectivity index (χ3v) is 5.59. The number of hydrogen-bond donors (Lipinski definition) is 0. The van der Waals surface area contributed by atoms with Crippen molar-refractivity contribution in [2.45, 2.75) is 17.5 Å². The summed E-state index contributed by atoms with van der Waals surface area (Å²) in [5, 5.41) is 10.9. The van der Waals surface area contributed by atoms with Crippen LogP contribution in [-0.4, -0.2) is 14.8 Å². The van der Waals surface area contributed by atoms with E-state index < -0.39 is 0 Å². The molecular weight excluding hydrogens is 401 g/mol. The van der Waals surface area contributed by atoms with Gasteiger partial charge in [0.05, 0.1) is 17.8 Å². The molecule has 2 aromatic carbocycles. The summed E-state index contributed by atoms with van der Waals surface area (Å²) < 4.78 is 7.55. The largest absolute Gasteiger partial charge is 0.467 e. The highest BCUT2D eigenvalue weighted by atomic mass is 35.5. The van der Waals surface area contributed by atoms with Crippen LogP contribution in [0.15, 0.2) is 76.5 Å². The molecule has 4 rings (SSSR count). The van der Waals surface area contributed by atoms with Gasteiger partial charge in [-0.1, -0.05) is 59.2 Å². The molecule has 0 N–H and O–H groups in total. The summed E-state index contributed by atoms with van der Waals surface area (Å²) in [5.41, 5.74) is 1.96. The molecular formula is C20H15Cl2N3OS. The second-order valence-corrected chi connectivity index (χ2v) is 7.66. The lowest BCUT2D eigenvalue weighted by Crippen LogP contribution is -2.03. The second-order valence-electron chi connectivity index (χ2n) is 5.87. The number of hydrogen-bond acceptors (Lipinski definition) is 4. The number of aromatic nitrogens is 3. The lowest BCUT2D eigenvalue weighted by molar-refractivity contribution is 0.485. The SMILES string of the molecule is Clc1cccc(CSc2nnc(-c3ccccc3Cl)n2Cc2ccco2)c1. The first-order valence-corrected chi connectivity index (χ1v) is 10.0. The highest BCUT2D eigenvalue weighted by Gasteiger charge is 2.17. The van der Waals surface area contributed by atoms with Crippen LogP contribution in [0.25, 0.3) is 11.4 Å². The molecule has 0 bridgehead atoms. The maximum atomic E-state index is 6.39. The normalized spacial score (nSPS) is 11.0. The standard InChI is InChI=1S/C20H15Cl2N3OS/c21-15-6-3-5-14(11-15)13-27-20-24-23-19(17-8-1-2-9-18(17)22)25(20)12-16-7-4-10-26-16/h1-11H,12-13H2. The van der Waals surface area contributed by atoms with Crippen LogP contribution in [0.2, 0.25) is 10.0 Å². The van der Waals surface area contributed by atoms with Crippen molar-refractivity contribution in [3.8, 4) is 11.4 Å². The summed E-state index contributed by atoms with van der Waals surface area (Å²) in [6, 6.07) is 19.2. The van der Waals surface area contributed by atoms with Crippen molar-refractivity contribution in [3.63, 3.8) is 0 Å². The quantitative estimate of drug-likeness (QED) is 0.352. The highest BCUT2D eigenvalue weighted by Crippen LogP contribution is 2.31. The Morgan fingerprint density at radius 3 is 2.63 bits per heavy atom. The maximum Gasteiger partial charge on any atom is 0.192 e. The van der Waals surface area contributed by atoms with Crippen molar-refractivity contribution in [1.29, 1.82) is 0 Å². The molecule has 0 amide bonds. The Hall–Kier alpha value is -2.21. The van der Waals surface area contributed by atoms with Crippen LogP contribution in [0.4, 0.5) is 0 Å². The fraction of sp³-hybridized carbons (Fsp3) is 0.100. The molecule has 27 heavy (non-hydrogen) atoms. The summed E-state index contributed by atoms with van der Waals surface area (Å²) in [6.07, 6.45) is 1.66. The molecule has 4 nitrogen and oxygen atoms in total. The number of halogens is 2. The smallest absolute Gasteiger partial charge is 0.192 e. The number of benzene rings is 2. The van der Waals surface area contributed by atoms with E-state index in [2.05, 4.69) is 10.2 Å². The van der Waals surface area contributed by atoms with Crippen molar-refractivity contribution in [1.82, 2.24) is 14.8 Å². The van der Waals surface area contributed by atoms with Gasteiger partial charge >= 0.3 is 0 Å². The van der Waals surface area contributed by atoms with Crippen LogP contribution in [-0.2, 0) is 12.3 Å². The molecule has 0 aliphatic heterocycles. The van der Waals surface area contributed by atoms with Crippen LogP contribution in [0.1, 0.15) is 11.3 Å². The molecule has 0 unspecified atom stereocenters. The van der Waals surface area contributed by atoms with Crippen LogP contribution >= 0.6 is 35.0 Å². The molecule has 4 aromatic rings. The molecule has 0 aliphatic carbocycles. The Morgan fingerprint density at radius 2 is 1.85 bits per heavy atom. The minimum atomic E-state index is 0.526. The zero-order valence-electron chi connectivity index (χ0n) is 14.2. The van der Waals surface area contributed by atoms with E-state index in [1.54, 1.807) is 18.0 Å². The molecule has 136 valence electrons. The number of furan rings is 1. The monoisotopic (exact) mass is 415 g/mol. The number of thioether (sulfide) groups is 1. The molecule has 0 fully saturated rings. The van der Waals surface area contributed by atoms with E-state index in [0.717, 1.165) is 32.8 Å². The Balaban J connectivity index is 1.67. The van der Waals surface area contributed by atoms with Gasteiger partial charge in [0.15, 0.2) is 11.0 Å². The second kappa shape index (κ2) is 8.21. The molecule has 2 aromatic heterocycles. The predicted molar refractivity (Wildman–Crippen MR) is 109 cm³/mol. The predicted octanol–water partition coefficient (Wildman–Crippen LogP) is 6.19. The van der Waals surface area contributed by atoms with Crippen molar-refractivity contribution < 1.29 is 4.42 Å². The topological polar surface area (TPSA) is 43.9 Å². The summed E-state index contributed by atoms with van der Waals surface area (Å²) in [5.74, 6) is 2.28. The summed E-state index contributed by atoms with van der Waals surface area (Å²) in [4.78, 5) is 0. The molecule has 0 saturated carbocycles. The van der Waals surface area contributed by atoms with Gasteiger partial charge < -0.3 is 4.42 Å². The lowest BCUT2D eigenvalue weighted by Gasteiger charge is -2.10. The highest BCUT2D eigenvalue weighted by molar-refractivity contribution is 7.98. The van der Waals surface area contributed by atoms with E-state index in [1.165, 1.54) is 0 Å². The van der Waals surface area contributed by atoms with Gasteiger partial charge in [0.2, 0.25) is 0 Å².